The van der Waals surface area contributed by atoms with E-state index < -0.39 is 35.4 Å². The molecule has 14 nitrogen and oxygen atoms in total. The molecule has 58 heavy (non-hydrogen) atoms. The third kappa shape index (κ3) is 7.57. The second-order valence-corrected chi connectivity index (χ2v) is 12.8. The summed E-state index contributed by atoms with van der Waals surface area (Å²) in [6.45, 7) is 3.60. The fourth-order valence-corrected chi connectivity index (χ4v) is 6.27. The standard InChI is InChI=1S/2C20H15F2N7/c2*1-11(27-19-15(9-23)18(24)25-10-26-19)20-28-16-6-5-13(22)8-17(16)29(20)14-4-2-3-12(21)7-14/h2*2-8,10-11H,1H3,(H3,24,25,26,27)/t2*11-/m10/s1. The van der Waals surface area contributed by atoms with Gasteiger partial charge in [0.15, 0.2) is 0 Å². The minimum Gasteiger partial charge on any atom is -0.382 e. The number of hydrogen-bond acceptors (Lipinski definition) is 12. The van der Waals surface area contributed by atoms with Crippen LogP contribution in [0.15, 0.2) is 97.6 Å². The molecule has 4 heterocycles. The zero-order valence-electron chi connectivity index (χ0n) is 30.5. The molecule has 0 aliphatic carbocycles. The Bertz CT molecular complexity index is 2720. The van der Waals surface area contributed by atoms with Crippen LogP contribution in [0, 0.1) is 45.9 Å². The number of rotatable bonds is 8. The van der Waals surface area contributed by atoms with Crippen LogP contribution in [0.25, 0.3) is 33.4 Å². The van der Waals surface area contributed by atoms with Crippen molar-refractivity contribution in [3.63, 3.8) is 0 Å². The summed E-state index contributed by atoms with van der Waals surface area (Å²) in [7, 11) is 0. The molecule has 0 saturated carbocycles. The van der Waals surface area contributed by atoms with Crippen molar-refractivity contribution in [3.8, 4) is 23.5 Å². The van der Waals surface area contributed by atoms with Crippen LogP contribution in [0.3, 0.4) is 0 Å². The van der Waals surface area contributed by atoms with Crippen LogP contribution in [0.5, 0.6) is 0 Å². The molecular weight excluding hydrogens is 753 g/mol. The minimum atomic E-state index is -0.477. The van der Waals surface area contributed by atoms with Gasteiger partial charge in [0.05, 0.1) is 45.5 Å². The molecule has 4 aromatic heterocycles. The molecule has 8 aromatic rings. The lowest BCUT2D eigenvalue weighted by Gasteiger charge is -2.17. The molecule has 8 rings (SSSR count). The predicted molar refractivity (Wildman–Crippen MR) is 208 cm³/mol. The van der Waals surface area contributed by atoms with E-state index in [1.165, 1.54) is 61.2 Å². The second-order valence-electron chi connectivity index (χ2n) is 12.8. The summed E-state index contributed by atoms with van der Waals surface area (Å²) in [6, 6.07) is 23.3. The topological polar surface area (TPSA) is 211 Å². The van der Waals surface area contributed by atoms with Gasteiger partial charge in [-0.2, -0.15) is 10.5 Å². The number of nitrogens with two attached hydrogens (primary N) is 2. The van der Waals surface area contributed by atoms with Crippen molar-refractivity contribution < 1.29 is 17.6 Å². The van der Waals surface area contributed by atoms with E-state index >= 15 is 0 Å². The number of nitriles is 2. The van der Waals surface area contributed by atoms with E-state index in [0.717, 1.165) is 0 Å². The zero-order valence-corrected chi connectivity index (χ0v) is 30.5. The van der Waals surface area contributed by atoms with E-state index in [9.17, 15) is 28.1 Å². The van der Waals surface area contributed by atoms with Gasteiger partial charge in [-0.15, -0.1) is 0 Å². The van der Waals surface area contributed by atoms with Crippen molar-refractivity contribution in [2.45, 2.75) is 25.9 Å². The first-order chi connectivity index (χ1) is 27.9. The molecule has 18 heteroatoms. The first kappa shape index (κ1) is 38.2. The van der Waals surface area contributed by atoms with Crippen molar-refractivity contribution in [2.24, 2.45) is 0 Å². The average molecular weight is 783 g/mol. The fraction of sp³-hybridized carbons (Fsp3) is 0.100. The Morgan fingerprint density at radius 1 is 0.569 bits per heavy atom. The van der Waals surface area contributed by atoms with Gasteiger partial charge < -0.3 is 22.1 Å². The number of hydrogen-bond donors (Lipinski definition) is 4. The van der Waals surface area contributed by atoms with Gasteiger partial charge in [0.2, 0.25) is 0 Å². The summed E-state index contributed by atoms with van der Waals surface area (Å²) < 4.78 is 58.9. The number of aromatic nitrogens is 8. The summed E-state index contributed by atoms with van der Waals surface area (Å²) in [5.41, 5.74) is 14.8. The first-order valence-corrected chi connectivity index (χ1v) is 17.4. The molecular formula is C40H30F4N14. The number of halogens is 4. The highest BCUT2D eigenvalue weighted by molar-refractivity contribution is 5.80. The van der Waals surface area contributed by atoms with Crippen molar-refractivity contribution >= 4 is 45.3 Å². The molecule has 4 aromatic carbocycles. The molecule has 0 amide bonds. The van der Waals surface area contributed by atoms with Crippen LogP contribution in [0.2, 0.25) is 0 Å². The molecule has 0 aliphatic heterocycles. The van der Waals surface area contributed by atoms with Crippen LogP contribution in [0.1, 0.15) is 48.7 Å². The minimum absolute atomic E-state index is 0.0536. The number of nitrogen functional groups attached to an aromatic ring is 2. The highest BCUT2D eigenvalue weighted by Crippen LogP contribution is 2.31. The molecule has 0 aliphatic rings. The summed E-state index contributed by atoms with van der Waals surface area (Å²) >= 11 is 0. The van der Waals surface area contributed by atoms with Crippen molar-refractivity contribution in [3.05, 3.63) is 144 Å². The van der Waals surface area contributed by atoms with Crippen molar-refractivity contribution in [1.29, 1.82) is 10.5 Å². The van der Waals surface area contributed by atoms with Gasteiger partial charge in [-0.05, 0) is 74.5 Å². The first-order valence-electron chi connectivity index (χ1n) is 17.4. The Hall–Kier alpha value is -8.12. The normalized spacial score (nSPS) is 11.9. The lowest BCUT2D eigenvalue weighted by Crippen LogP contribution is -2.15. The van der Waals surface area contributed by atoms with Crippen LogP contribution in [0.4, 0.5) is 40.8 Å². The van der Waals surface area contributed by atoms with Crippen LogP contribution in [-0.2, 0) is 0 Å². The number of anilines is 4. The third-order valence-electron chi connectivity index (χ3n) is 8.88. The molecule has 288 valence electrons. The highest BCUT2D eigenvalue weighted by atomic mass is 19.1. The SMILES string of the molecule is C[C@@H](Nc1ncnc(N)c1C#N)c1nc2ccc(F)cc2n1-c1cccc(F)c1.C[C@H](Nc1ncnc(N)c1C#N)c1nc2ccc(F)cc2n1-c1cccc(F)c1. The summed E-state index contributed by atoms with van der Waals surface area (Å²) in [6.07, 6.45) is 2.49. The molecule has 0 bridgehead atoms. The van der Waals surface area contributed by atoms with E-state index in [1.807, 2.05) is 12.1 Å². The Kier molecular flexibility index (Phi) is 10.5. The number of nitrogens with one attached hydrogen (secondary N) is 2. The zero-order chi connectivity index (χ0) is 41.1. The van der Waals surface area contributed by atoms with Crippen molar-refractivity contribution in [1.82, 2.24) is 39.0 Å². The number of nitrogens with zero attached hydrogens (tertiary/aromatic N) is 10. The maximum atomic E-state index is 13.9. The van der Waals surface area contributed by atoms with E-state index in [-0.39, 0.29) is 34.4 Å². The van der Waals surface area contributed by atoms with Crippen LogP contribution < -0.4 is 22.1 Å². The van der Waals surface area contributed by atoms with Gasteiger partial charge >= 0.3 is 0 Å². The van der Waals surface area contributed by atoms with Gasteiger partial charge in [-0.1, -0.05) is 12.1 Å². The Balaban J connectivity index is 0.000000177. The number of fused-ring (bicyclic) bond motifs is 2. The van der Waals surface area contributed by atoms with Gasteiger partial charge in [-0.3, -0.25) is 9.13 Å². The Labute approximate surface area is 327 Å². The van der Waals surface area contributed by atoms with Gasteiger partial charge in [0.1, 0.15) is 94.1 Å². The fourth-order valence-electron chi connectivity index (χ4n) is 6.27. The quantitative estimate of drug-likeness (QED) is 0.111. The van der Waals surface area contributed by atoms with E-state index in [0.29, 0.717) is 45.1 Å². The lowest BCUT2D eigenvalue weighted by atomic mass is 10.2. The Morgan fingerprint density at radius 3 is 1.34 bits per heavy atom. The maximum Gasteiger partial charge on any atom is 0.150 e. The van der Waals surface area contributed by atoms with Gasteiger partial charge in [0.25, 0.3) is 0 Å². The summed E-state index contributed by atoms with van der Waals surface area (Å²) in [5, 5.41) is 24.9. The molecule has 0 saturated heterocycles. The monoisotopic (exact) mass is 782 g/mol. The van der Waals surface area contributed by atoms with E-state index in [2.05, 4.69) is 40.5 Å². The molecule has 2 atom stereocenters. The number of imidazole rings is 2. The molecule has 0 spiro atoms. The molecule has 0 unspecified atom stereocenters. The number of benzene rings is 4. The smallest absolute Gasteiger partial charge is 0.150 e. The molecule has 0 fully saturated rings. The molecule has 6 N–H and O–H groups in total. The van der Waals surface area contributed by atoms with Crippen LogP contribution in [-0.4, -0.2) is 39.0 Å². The van der Waals surface area contributed by atoms with E-state index in [4.69, 9.17) is 11.5 Å². The third-order valence-corrected chi connectivity index (χ3v) is 8.88. The summed E-state index contributed by atoms with van der Waals surface area (Å²) in [5.74, 6) is -0.154. The predicted octanol–water partition coefficient (Wildman–Crippen LogP) is 7.44. The largest absolute Gasteiger partial charge is 0.382 e. The van der Waals surface area contributed by atoms with Gasteiger partial charge in [0, 0.05) is 12.1 Å². The summed E-state index contributed by atoms with van der Waals surface area (Å²) in [4.78, 5) is 25.0. The lowest BCUT2D eigenvalue weighted by molar-refractivity contribution is 0.624. The second kappa shape index (κ2) is 15.9. The average Bonchev–Trinajstić information content (AvgIpc) is 3.77. The van der Waals surface area contributed by atoms with Crippen molar-refractivity contribution in [2.75, 3.05) is 22.1 Å². The van der Waals surface area contributed by atoms with Gasteiger partial charge in [-0.25, -0.2) is 47.5 Å². The van der Waals surface area contributed by atoms with E-state index in [1.54, 1.807) is 59.4 Å². The molecule has 0 radical (unpaired) electrons. The van der Waals surface area contributed by atoms with Crippen LogP contribution >= 0.6 is 0 Å². The highest BCUT2D eigenvalue weighted by Gasteiger charge is 2.23. The Morgan fingerprint density at radius 2 is 0.966 bits per heavy atom. The maximum absolute atomic E-state index is 13.9.